The number of ether oxygens (including phenoxy) is 3. The van der Waals surface area contributed by atoms with Crippen molar-refractivity contribution in [1.29, 1.82) is 0 Å². The predicted molar refractivity (Wildman–Crippen MR) is 200 cm³/mol. The number of esters is 1. The van der Waals surface area contributed by atoms with Gasteiger partial charge in [-0.2, -0.15) is 0 Å². The summed E-state index contributed by atoms with van der Waals surface area (Å²) in [6.07, 6.45) is 7.29. The van der Waals surface area contributed by atoms with E-state index in [-0.39, 0.29) is 30.7 Å². The quantitative estimate of drug-likeness (QED) is 0.0492. The Bertz CT molecular complexity index is 1240. The van der Waals surface area contributed by atoms with Crippen molar-refractivity contribution in [2.45, 2.75) is 129 Å². The molecule has 294 valence electrons. The van der Waals surface area contributed by atoms with Gasteiger partial charge in [0.05, 0.1) is 32.7 Å². The summed E-state index contributed by atoms with van der Waals surface area (Å²) < 4.78 is 15.9. The molecule has 0 bridgehead atoms. The number of nitrogens with two attached hydrogens (primary N) is 1. The van der Waals surface area contributed by atoms with Gasteiger partial charge in [0.2, 0.25) is 0 Å². The maximum Gasteiger partial charge on any atom is 0.407 e. The number of amides is 3. The summed E-state index contributed by atoms with van der Waals surface area (Å²) in [5, 5.41) is 7.00. The van der Waals surface area contributed by atoms with Gasteiger partial charge in [0.25, 0.3) is 5.91 Å². The summed E-state index contributed by atoms with van der Waals surface area (Å²) >= 11 is 0. The lowest BCUT2D eigenvalue weighted by molar-refractivity contribution is -0.157. The number of nitrogens with one attached hydrogen (secondary N) is 3. The van der Waals surface area contributed by atoms with E-state index < -0.39 is 60.0 Å². The van der Waals surface area contributed by atoms with Crippen molar-refractivity contribution in [3.63, 3.8) is 0 Å². The second-order valence-electron chi connectivity index (χ2n) is 14.7. The molecule has 52 heavy (non-hydrogen) atoms. The Labute approximate surface area is 310 Å². The molecule has 5 N–H and O–H groups in total. The zero-order valence-electron chi connectivity index (χ0n) is 32.5. The van der Waals surface area contributed by atoms with E-state index in [1.807, 2.05) is 44.2 Å². The Balaban J connectivity index is 2.64. The molecule has 0 heterocycles. The number of benzene rings is 1. The summed E-state index contributed by atoms with van der Waals surface area (Å²) in [6, 6.07) is 6.21. The summed E-state index contributed by atoms with van der Waals surface area (Å²) in [4.78, 5) is 66.9. The molecule has 1 aromatic rings. The number of hydrogen-bond acceptors (Lipinski definition) is 10. The molecule has 2 rings (SSSR count). The summed E-state index contributed by atoms with van der Waals surface area (Å²) in [5.41, 5.74) is 10.6. The maximum absolute atomic E-state index is 14.7. The monoisotopic (exact) mass is 731 g/mol. The Morgan fingerprint density at radius 2 is 1.40 bits per heavy atom. The van der Waals surface area contributed by atoms with Crippen LogP contribution >= 0.6 is 0 Å². The normalized spacial score (nSPS) is 16.4. The van der Waals surface area contributed by atoms with Gasteiger partial charge >= 0.3 is 18.2 Å². The van der Waals surface area contributed by atoms with Crippen LogP contribution in [0.2, 0.25) is 0 Å². The second kappa shape index (κ2) is 23.8. The van der Waals surface area contributed by atoms with Crippen molar-refractivity contribution >= 4 is 29.8 Å². The van der Waals surface area contributed by atoms with Gasteiger partial charge in [-0.05, 0) is 42.6 Å². The van der Waals surface area contributed by atoms with Crippen molar-refractivity contribution in [2.75, 3.05) is 27.3 Å². The molecule has 1 aliphatic rings. The predicted octanol–water partition coefficient (Wildman–Crippen LogP) is 5.82. The SMILES string of the molecule is CCCCCCCC(=O)O[C@@H](CN(CC1CCCCC1)NC(=O)[C@@H](NC(=O)OC)C(C)C)C(C(=O)[C@@H](NC(=O)OC)C(C)C)C(N)c1ccccc1. The first kappa shape index (κ1) is 44.5. The van der Waals surface area contributed by atoms with Gasteiger partial charge in [0.1, 0.15) is 12.1 Å². The van der Waals surface area contributed by atoms with E-state index >= 15 is 0 Å². The number of hydrazine groups is 1. The molecular weight excluding hydrogens is 666 g/mol. The number of rotatable bonds is 22. The minimum atomic E-state index is -1.13. The molecule has 0 aliphatic heterocycles. The van der Waals surface area contributed by atoms with Crippen LogP contribution < -0.4 is 21.8 Å². The molecule has 1 saturated carbocycles. The van der Waals surface area contributed by atoms with Gasteiger partial charge < -0.3 is 30.6 Å². The smallest absolute Gasteiger partial charge is 0.407 e. The first-order valence-electron chi connectivity index (χ1n) is 19.1. The topological polar surface area (TPSA) is 178 Å². The van der Waals surface area contributed by atoms with Crippen LogP contribution in [-0.4, -0.2) is 80.4 Å². The van der Waals surface area contributed by atoms with Gasteiger partial charge in [-0.3, -0.25) is 19.8 Å². The van der Waals surface area contributed by atoms with Gasteiger partial charge in [-0.15, -0.1) is 0 Å². The largest absolute Gasteiger partial charge is 0.460 e. The number of ketones is 1. The maximum atomic E-state index is 14.7. The number of unbranched alkanes of at least 4 members (excludes halogenated alkanes) is 4. The van der Waals surface area contributed by atoms with Crippen molar-refractivity contribution in [2.24, 2.45) is 29.4 Å². The van der Waals surface area contributed by atoms with E-state index in [0.717, 1.165) is 57.8 Å². The standard InChI is InChI=1S/C39H65N5O8/c1-8-9-10-11-18-23-31(45)52-30(32(33(40)29-21-16-13-17-22-29)36(46)34(26(2)3)41-38(48)50-6)25-44(24-28-19-14-12-15-20-28)43-37(47)35(27(4)5)42-39(49)51-7/h13,16-17,21-22,26-28,30,32-35H,8-12,14-15,18-20,23-25,40H2,1-7H3,(H,41,48)(H,42,49)(H,43,47)/t30-,32?,33?,34-,35-/m0/s1. The van der Waals surface area contributed by atoms with Crippen molar-refractivity contribution < 1.29 is 38.2 Å². The minimum Gasteiger partial charge on any atom is -0.460 e. The van der Waals surface area contributed by atoms with Crippen LogP contribution in [0.3, 0.4) is 0 Å². The molecule has 1 aromatic carbocycles. The molecule has 0 radical (unpaired) electrons. The number of nitrogens with zero attached hydrogens (tertiary/aromatic N) is 1. The lowest BCUT2D eigenvalue weighted by atomic mass is 9.80. The minimum absolute atomic E-state index is 0.0627. The number of Topliss-reactive ketones (excluding diaryl/α,β-unsaturated/α-hetero) is 1. The third-order valence-corrected chi connectivity index (χ3v) is 9.78. The lowest BCUT2D eigenvalue weighted by Crippen LogP contribution is -2.59. The molecule has 0 saturated heterocycles. The molecule has 3 amide bonds. The summed E-state index contributed by atoms with van der Waals surface area (Å²) in [5.74, 6) is -2.91. The van der Waals surface area contributed by atoms with E-state index in [1.54, 1.807) is 18.9 Å². The summed E-state index contributed by atoms with van der Waals surface area (Å²) in [6.45, 7) is 9.71. The first-order chi connectivity index (χ1) is 24.8. The van der Waals surface area contributed by atoms with Crippen LogP contribution in [0.25, 0.3) is 0 Å². The first-order valence-corrected chi connectivity index (χ1v) is 19.1. The van der Waals surface area contributed by atoms with Gasteiger partial charge in [-0.1, -0.05) is 110 Å². The van der Waals surface area contributed by atoms with Crippen molar-refractivity contribution in [3.05, 3.63) is 35.9 Å². The van der Waals surface area contributed by atoms with E-state index in [1.165, 1.54) is 14.2 Å². The van der Waals surface area contributed by atoms with E-state index in [4.69, 9.17) is 19.9 Å². The molecule has 0 spiro atoms. The van der Waals surface area contributed by atoms with Gasteiger partial charge in [-0.25, -0.2) is 14.6 Å². The summed E-state index contributed by atoms with van der Waals surface area (Å²) in [7, 11) is 2.45. The van der Waals surface area contributed by atoms with Crippen molar-refractivity contribution in [3.8, 4) is 0 Å². The molecule has 13 heteroatoms. The van der Waals surface area contributed by atoms with Gasteiger partial charge in [0, 0.05) is 19.0 Å². The number of methoxy groups -OCH3 is 2. The van der Waals surface area contributed by atoms with E-state index in [2.05, 4.69) is 23.0 Å². The van der Waals surface area contributed by atoms with E-state index in [0.29, 0.717) is 18.5 Å². The van der Waals surface area contributed by atoms with Crippen LogP contribution in [0, 0.1) is 23.7 Å². The van der Waals surface area contributed by atoms with Crippen LogP contribution in [-0.2, 0) is 28.6 Å². The van der Waals surface area contributed by atoms with Crippen LogP contribution in [0.5, 0.6) is 0 Å². The van der Waals surface area contributed by atoms with E-state index in [9.17, 15) is 24.0 Å². The number of carbonyl (C=O) groups is 5. The molecule has 1 aliphatic carbocycles. The van der Waals surface area contributed by atoms with Gasteiger partial charge in [0.15, 0.2) is 5.78 Å². The zero-order chi connectivity index (χ0) is 38.6. The van der Waals surface area contributed by atoms with Crippen LogP contribution in [0.15, 0.2) is 30.3 Å². The van der Waals surface area contributed by atoms with Crippen LogP contribution in [0.4, 0.5) is 9.59 Å². The highest BCUT2D eigenvalue weighted by Gasteiger charge is 2.43. The molecule has 13 nitrogen and oxygen atoms in total. The third kappa shape index (κ3) is 15.1. The number of hydrogen-bond donors (Lipinski definition) is 4. The molecule has 2 unspecified atom stereocenters. The Hall–Kier alpha value is -3.71. The Morgan fingerprint density at radius 1 is 0.827 bits per heavy atom. The molecular formula is C39H65N5O8. The lowest BCUT2D eigenvalue weighted by Gasteiger charge is -2.38. The number of alkyl carbamates (subject to hydrolysis) is 2. The Kier molecular flexibility index (Phi) is 20.3. The fourth-order valence-corrected chi connectivity index (χ4v) is 6.77. The Morgan fingerprint density at radius 3 is 1.96 bits per heavy atom. The average molecular weight is 732 g/mol. The third-order valence-electron chi connectivity index (χ3n) is 9.78. The molecule has 1 fully saturated rings. The highest BCUT2D eigenvalue weighted by Crippen LogP contribution is 2.30. The molecule has 5 atom stereocenters. The fourth-order valence-electron chi connectivity index (χ4n) is 6.77. The zero-order valence-corrected chi connectivity index (χ0v) is 32.5. The average Bonchev–Trinajstić information content (AvgIpc) is 3.12. The van der Waals surface area contributed by atoms with Crippen LogP contribution in [0.1, 0.15) is 117 Å². The number of carbonyl (C=O) groups excluding carboxylic acids is 5. The molecule has 0 aromatic heterocycles. The highest BCUT2D eigenvalue weighted by molar-refractivity contribution is 5.91. The van der Waals surface area contributed by atoms with Crippen molar-refractivity contribution in [1.82, 2.24) is 21.1 Å². The fraction of sp³-hybridized carbons (Fsp3) is 0.718. The second-order valence-corrected chi connectivity index (χ2v) is 14.7. The highest BCUT2D eigenvalue weighted by atomic mass is 16.5.